The van der Waals surface area contributed by atoms with Crippen LogP contribution < -0.4 is 5.43 Å². The van der Waals surface area contributed by atoms with Crippen molar-refractivity contribution in [3.05, 3.63) is 52.2 Å². The summed E-state index contributed by atoms with van der Waals surface area (Å²) in [6, 6.07) is 8.73. The molecule has 0 fully saturated rings. The molecule has 0 unspecified atom stereocenters. The highest BCUT2D eigenvalue weighted by Crippen LogP contribution is 2.24. The zero-order valence-electron chi connectivity index (χ0n) is 20.3. The summed E-state index contributed by atoms with van der Waals surface area (Å²) in [5, 5.41) is 9.23. The lowest BCUT2D eigenvalue weighted by molar-refractivity contribution is 0.0467. The third-order valence-corrected chi connectivity index (χ3v) is 7.54. The van der Waals surface area contributed by atoms with E-state index in [0.29, 0.717) is 39.0 Å². The molecule has 0 aliphatic heterocycles. The van der Waals surface area contributed by atoms with Crippen LogP contribution in [-0.4, -0.2) is 75.1 Å². The minimum atomic E-state index is -3.77. The fraction of sp³-hybridized carbons (Fsp3) is 0.440. The van der Waals surface area contributed by atoms with Gasteiger partial charge in [-0.25, -0.2) is 13.2 Å². The van der Waals surface area contributed by atoms with Crippen LogP contribution in [-0.2, 0) is 14.8 Å². The number of aliphatic hydroxyl groups is 1. The van der Waals surface area contributed by atoms with E-state index in [9.17, 15) is 18.0 Å². The third-order valence-electron chi connectivity index (χ3n) is 5.65. The van der Waals surface area contributed by atoms with Crippen LogP contribution in [0.4, 0.5) is 0 Å². The number of rotatable bonds is 12. The van der Waals surface area contributed by atoms with Gasteiger partial charge in [-0.1, -0.05) is 13.8 Å². The summed E-state index contributed by atoms with van der Waals surface area (Å²) in [6.07, 6.45) is 1.35. The van der Waals surface area contributed by atoms with Crippen molar-refractivity contribution < 1.29 is 27.5 Å². The van der Waals surface area contributed by atoms with E-state index in [-0.39, 0.29) is 45.6 Å². The van der Waals surface area contributed by atoms with Crippen LogP contribution in [0.1, 0.15) is 37.0 Å². The number of ether oxygens (including phenoxy) is 1. The minimum absolute atomic E-state index is 0.0110. The van der Waals surface area contributed by atoms with Gasteiger partial charge in [0.1, 0.15) is 17.8 Å². The van der Waals surface area contributed by atoms with Gasteiger partial charge >= 0.3 is 5.97 Å². The van der Waals surface area contributed by atoms with Gasteiger partial charge in [-0.3, -0.25) is 4.79 Å². The van der Waals surface area contributed by atoms with Crippen LogP contribution in [0.5, 0.6) is 0 Å². The van der Waals surface area contributed by atoms with Crippen molar-refractivity contribution in [2.75, 3.05) is 46.4 Å². The van der Waals surface area contributed by atoms with Crippen molar-refractivity contribution in [3.63, 3.8) is 0 Å². The Morgan fingerprint density at radius 3 is 2.23 bits per heavy atom. The number of esters is 1. The number of carbonyl (C=O) groups excluding carboxylic acids is 1. The number of hydrogen-bond acceptors (Lipinski definition) is 8. The van der Waals surface area contributed by atoms with Gasteiger partial charge in [0.25, 0.3) is 0 Å². The quantitative estimate of drug-likeness (QED) is 0.296. The zero-order valence-corrected chi connectivity index (χ0v) is 21.1. The molecule has 190 valence electrons. The van der Waals surface area contributed by atoms with Gasteiger partial charge in [0, 0.05) is 26.2 Å². The van der Waals surface area contributed by atoms with E-state index in [0.717, 1.165) is 0 Å². The maximum Gasteiger partial charge on any atom is 0.338 e. The zero-order chi connectivity index (χ0) is 25.6. The average Bonchev–Trinajstić information content (AvgIpc) is 2.83. The van der Waals surface area contributed by atoms with Gasteiger partial charge < -0.3 is 19.2 Å². The molecule has 0 atom stereocenters. The number of likely N-dealkylation sites (N-methyl/N-ethyl adjacent to an activating group) is 1. The summed E-state index contributed by atoms with van der Waals surface area (Å²) in [5.41, 5.74) is 0.320. The number of benzene rings is 2. The molecule has 0 aliphatic carbocycles. The van der Waals surface area contributed by atoms with E-state index in [1.807, 2.05) is 18.7 Å². The molecule has 0 spiro atoms. The molecule has 3 aromatic rings. The van der Waals surface area contributed by atoms with E-state index in [4.69, 9.17) is 14.3 Å². The molecule has 3 rings (SSSR count). The summed E-state index contributed by atoms with van der Waals surface area (Å²) in [6.45, 7) is 5.67. The lowest BCUT2D eigenvalue weighted by Crippen LogP contribution is -2.32. The second kappa shape index (κ2) is 11.8. The number of sulfonamides is 1. The molecule has 1 heterocycles. The SMILES string of the molecule is CCCN(CCC)S(=O)(=O)c1ccc2oc3ccc(C(=O)OCCN(C)CCO)cc3c(=O)c2c1. The van der Waals surface area contributed by atoms with Gasteiger partial charge in [0.05, 0.1) is 27.8 Å². The molecule has 0 saturated carbocycles. The Hall–Kier alpha value is -2.79. The smallest absolute Gasteiger partial charge is 0.338 e. The van der Waals surface area contributed by atoms with Gasteiger partial charge in [-0.15, -0.1) is 0 Å². The van der Waals surface area contributed by atoms with Crippen LogP contribution in [0, 0.1) is 0 Å². The van der Waals surface area contributed by atoms with Crippen molar-refractivity contribution in [3.8, 4) is 0 Å². The lowest BCUT2D eigenvalue weighted by atomic mass is 10.1. The Bertz CT molecular complexity index is 1350. The molecule has 2 aromatic carbocycles. The molecular weight excluding hydrogens is 472 g/mol. The van der Waals surface area contributed by atoms with Crippen LogP contribution >= 0.6 is 0 Å². The van der Waals surface area contributed by atoms with E-state index in [2.05, 4.69) is 0 Å². The van der Waals surface area contributed by atoms with Gasteiger partial charge in [-0.05, 0) is 56.3 Å². The monoisotopic (exact) mass is 504 g/mol. The summed E-state index contributed by atoms with van der Waals surface area (Å²) in [7, 11) is -1.97. The molecule has 35 heavy (non-hydrogen) atoms. The summed E-state index contributed by atoms with van der Waals surface area (Å²) in [4.78, 5) is 27.6. The molecule has 0 saturated heterocycles. The predicted molar refractivity (Wildman–Crippen MR) is 134 cm³/mol. The van der Waals surface area contributed by atoms with Crippen LogP contribution in [0.15, 0.2) is 50.5 Å². The first-order valence-electron chi connectivity index (χ1n) is 11.7. The normalized spacial score (nSPS) is 12.2. The maximum absolute atomic E-state index is 13.3. The summed E-state index contributed by atoms with van der Waals surface area (Å²) in [5.74, 6) is -0.588. The highest BCUT2D eigenvalue weighted by Gasteiger charge is 2.24. The maximum atomic E-state index is 13.3. The number of fused-ring (bicyclic) bond motifs is 2. The Balaban J connectivity index is 1.96. The standard InChI is InChI=1S/C25H32N2O7S/c1-4-10-27(11-5-2)35(31,32)19-7-9-23-21(17-19)24(29)20-16-18(6-8-22(20)34-23)25(30)33-15-13-26(3)12-14-28/h6-9,16-17,28H,4-5,10-15H2,1-3H3. The first kappa shape index (κ1) is 26.8. The van der Waals surface area contributed by atoms with Crippen molar-refractivity contribution in [2.45, 2.75) is 31.6 Å². The number of nitrogens with zero attached hydrogens (tertiary/aromatic N) is 2. The first-order chi connectivity index (χ1) is 16.7. The van der Waals surface area contributed by atoms with Crippen molar-refractivity contribution in [1.29, 1.82) is 0 Å². The van der Waals surface area contributed by atoms with Crippen LogP contribution in [0.2, 0.25) is 0 Å². The largest absolute Gasteiger partial charge is 0.461 e. The molecule has 0 amide bonds. The fourth-order valence-electron chi connectivity index (χ4n) is 3.78. The third kappa shape index (κ3) is 6.07. The number of aliphatic hydroxyl groups excluding tert-OH is 1. The van der Waals surface area contributed by atoms with Gasteiger partial charge in [0.15, 0.2) is 0 Å². The fourth-order valence-corrected chi connectivity index (χ4v) is 5.43. The molecule has 0 radical (unpaired) electrons. The van der Waals surface area contributed by atoms with Crippen LogP contribution in [0.25, 0.3) is 21.9 Å². The molecule has 9 nitrogen and oxygen atoms in total. The first-order valence-corrected chi connectivity index (χ1v) is 13.1. The van der Waals surface area contributed by atoms with E-state index < -0.39 is 21.4 Å². The Morgan fingerprint density at radius 2 is 1.60 bits per heavy atom. The minimum Gasteiger partial charge on any atom is -0.461 e. The molecular formula is C25H32N2O7S. The Labute approximate surface area is 204 Å². The van der Waals surface area contributed by atoms with E-state index in [1.54, 1.807) is 7.05 Å². The van der Waals surface area contributed by atoms with Crippen molar-refractivity contribution in [1.82, 2.24) is 9.21 Å². The lowest BCUT2D eigenvalue weighted by Gasteiger charge is -2.21. The molecule has 0 bridgehead atoms. The summed E-state index contributed by atoms with van der Waals surface area (Å²) >= 11 is 0. The van der Waals surface area contributed by atoms with Gasteiger partial charge in [0.2, 0.25) is 15.5 Å². The summed E-state index contributed by atoms with van der Waals surface area (Å²) < 4.78 is 38.9. The topological polar surface area (TPSA) is 117 Å². The molecule has 10 heteroatoms. The van der Waals surface area contributed by atoms with Crippen molar-refractivity contribution >= 4 is 37.9 Å². The number of hydrogen-bond donors (Lipinski definition) is 1. The van der Waals surface area contributed by atoms with E-state index in [1.165, 1.54) is 40.7 Å². The second-order valence-corrected chi connectivity index (χ2v) is 10.3. The number of carbonyl (C=O) groups is 1. The van der Waals surface area contributed by atoms with Gasteiger partial charge in [-0.2, -0.15) is 4.31 Å². The molecule has 0 aliphatic rings. The highest BCUT2D eigenvalue weighted by molar-refractivity contribution is 7.89. The van der Waals surface area contributed by atoms with Crippen LogP contribution in [0.3, 0.4) is 0 Å². The van der Waals surface area contributed by atoms with Crippen molar-refractivity contribution in [2.24, 2.45) is 0 Å². The predicted octanol–water partition coefficient (Wildman–Crippen LogP) is 2.84. The van der Waals surface area contributed by atoms with E-state index >= 15 is 0 Å². The Morgan fingerprint density at radius 1 is 0.971 bits per heavy atom. The molecule has 1 aromatic heterocycles. The second-order valence-electron chi connectivity index (χ2n) is 8.37. The average molecular weight is 505 g/mol. The Kier molecular flexibility index (Phi) is 9.01. The molecule has 1 N–H and O–H groups in total. The highest BCUT2D eigenvalue weighted by atomic mass is 32.2.